The van der Waals surface area contributed by atoms with Crippen LogP contribution < -0.4 is 10.2 Å². The maximum Gasteiger partial charge on any atom is 0.244 e. The fourth-order valence-electron chi connectivity index (χ4n) is 2.78. The molecule has 1 N–H and O–H groups in total. The van der Waals surface area contributed by atoms with E-state index in [9.17, 15) is 13.6 Å². The molecule has 1 aromatic heterocycles. The number of carbonyl (C=O) groups excluding carboxylic acids is 1. The number of aromatic nitrogens is 2. The Kier molecular flexibility index (Phi) is 5.33. The van der Waals surface area contributed by atoms with E-state index in [0.717, 1.165) is 19.0 Å². The molecule has 1 aliphatic heterocycles. The SMILES string of the molecule is O=C(/C=C/c1cnccn1)NCC1CCN(c2ccc(F)c(F)c2)C1. The highest BCUT2D eigenvalue weighted by Crippen LogP contribution is 2.24. The molecule has 0 bridgehead atoms. The zero-order chi connectivity index (χ0) is 17.6. The fourth-order valence-corrected chi connectivity index (χ4v) is 2.78. The van der Waals surface area contributed by atoms with Crippen LogP contribution in [-0.4, -0.2) is 35.5 Å². The number of nitrogens with one attached hydrogen (secondary N) is 1. The molecule has 1 aliphatic rings. The molecule has 1 aromatic carbocycles. The van der Waals surface area contributed by atoms with Gasteiger partial charge < -0.3 is 10.2 Å². The van der Waals surface area contributed by atoms with Gasteiger partial charge in [0.05, 0.1) is 11.9 Å². The quantitative estimate of drug-likeness (QED) is 0.847. The third-order valence-corrected chi connectivity index (χ3v) is 4.11. The minimum Gasteiger partial charge on any atom is -0.371 e. The Morgan fingerprint density at radius 1 is 1.32 bits per heavy atom. The maximum atomic E-state index is 13.3. The number of hydrogen-bond acceptors (Lipinski definition) is 4. The van der Waals surface area contributed by atoms with Gasteiger partial charge in [-0.2, -0.15) is 0 Å². The van der Waals surface area contributed by atoms with Crippen LogP contribution in [0, 0.1) is 17.6 Å². The number of rotatable bonds is 5. The second-order valence-electron chi connectivity index (χ2n) is 5.91. The van der Waals surface area contributed by atoms with Crippen molar-refractivity contribution in [1.82, 2.24) is 15.3 Å². The first kappa shape index (κ1) is 17.0. The van der Waals surface area contributed by atoms with E-state index >= 15 is 0 Å². The lowest BCUT2D eigenvalue weighted by Crippen LogP contribution is -2.29. The van der Waals surface area contributed by atoms with Crippen LogP contribution in [0.5, 0.6) is 0 Å². The Morgan fingerprint density at radius 2 is 2.20 bits per heavy atom. The molecule has 0 aliphatic carbocycles. The highest BCUT2D eigenvalue weighted by molar-refractivity contribution is 5.91. The molecule has 0 radical (unpaired) electrons. The average molecular weight is 344 g/mol. The first-order chi connectivity index (χ1) is 12.1. The molecule has 0 saturated carbocycles. The first-order valence-corrected chi connectivity index (χ1v) is 8.04. The molecular formula is C18H18F2N4O. The predicted molar refractivity (Wildman–Crippen MR) is 90.8 cm³/mol. The average Bonchev–Trinajstić information content (AvgIpc) is 3.10. The van der Waals surface area contributed by atoms with E-state index in [2.05, 4.69) is 15.3 Å². The Morgan fingerprint density at radius 3 is 2.96 bits per heavy atom. The number of nitrogens with zero attached hydrogens (tertiary/aromatic N) is 3. The molecule has 130 valence electrons. The molecule has 0 spiro atoms. The monoisotopic (exact) mass is 344 g/mol. The van der Waals surface area contributed by atoms with Crippen molar-refractivity contribution in [2.24, 2.45) is 5.92 Å². The second kappa shape index (κ2) is 7.83. The summed E-state index contributed by atoms with van der Waals surface area (Å²) in [5, 5.41) is 2.85. The van der Waals surface area contributed by atoms with Gasteiger partial charge in [-0.05, 0) is 30.5 Å². The molecule has 1 atom stereocenters. The van der Waals surface area contributed by atoms with Crippen molar-refractivity contribution in [2.75, 3.05) is 24.5 Å². The van der Waals surface area contributed by atoms with Crippen LogP contribution in [0.2, 0.25) is 0 Å². The van der Waals surface area contributed by atoms with Gasteiger partial charge in [0.15, 0.2) is 11.6 Å². The zero-order valence-corrected chi connectivity index (χ0v) is 13.5. The van der Waals surface area contributed by atoms with Gasteiger partial charge in [0, 0.05) is 49.9 Å². The summed E-state index contributed by atoms with van der Waals surface area (Å²) in [6.07, 6.45) is 8.60. The summed E-state index contributed by atoms with van der Waals surface area (Å²) in [5.41, 5.74) is 1.28. The van der Waals surface area contributed by atoms with E-state index in [0.29, 0.717) is 24.5 Å². The summed E-state index contributed by atoms with van der Waals surface area (Å²) in [6, 6.07) is 3.92. The molecule has 25 heavy (non-hydrogen) atoms. The topological polar surface area (TPSA) is 58.1 Å². The van der Waals surface area contributed by atoms with Gasteiger partial charge in [-0.3, -0.25) is 14.8 Å². The summed E-state index contributed by atoms with van der Waals surface area (Å²) in [6.45, 7) is 1.98. The van der Waals surface area contributed by atoms with Gasteiger partial charge in [0.25, 0.3) is 0 Å². The predicted octanol–water partition coefficient (Wildman–Crippen LogP) is 2.41. The lowest BCUT2D eigenvalue weighted by Gasteiger charge is -2.19. The van der Waals surface area contributed by atoms with E-state index in [1.807, 2.05) is 4.90 Å². The van der Waals surface area contributed by atoms with Crippen molar-refractivity contribution in [1.29, 1.82) is 0 Å². The van der Waals surface area contributed by atoms with Gasteiger partial charge in [0.2, 0.25) is 5.91 Å². The summed E-state index contributed by atoms with van der Waals surface area (Å²) < 4.78 is 26.3. The van der Waals surface area contributed by atoms with Crippen molar-refractivity contribution < 1.29 is 13.6 Å². The van der Waals surface area contributed by atoms with Crippen LogP contribution >= 0.6 is 0 Å². The minimum absolute atomic E-state index is 0.197. The van der Waals surface area contributed by atoms with E-state index in [-0.39, 0.29) is 11.8 Å². The van der Waals surface area contributed by atoms with Gasteiger partial charge >= 0.3 is 0 Å². The molecule has 1 saturated heterocycles. The van der Waals surface area contributed by atoms with Crippen LogP contribution in [0.3, 0.4) is 0 Å². The van der Waals surface area contributed by atoms with Crippen LogP contribution in [0.15, 0.2) is 42.9 Å². The molecule has 1 fully saturated rings. The van der Waals surface area contributed by atoms with Crippen molar-refractivity contribution >= 4 is 17.7 Å². The van der Waals surface area contributed by atoms with Gasteiger partial charge in [0.1, 0.15) is 0 Å². The van der Waals surface area contributed by atoms with Crippen LogP contribution in [-0.2, 0) is 4.79 Å². The molecule has 3 rings (SSSR count). The van der Waals surface area contributed by atoms with E-state index in [4.69, 9.17) is 0 Å². The standard InChI is InChI=1S/C18H18F2N4O/c19-16-3-2-15(9-17(16)20)24-8-5-13(12-24)10-23-18(25)4-1-14-11-21-6-7-22-14/h1-4,6-7,9,11,13H,5,8,10,12H2,(H,23,25)/b4-1+. The highest BCUT2D eigenvalue weighted by atomic mass is 19.2. The lowest BCUT2D eigenvalue weighted by atomic mass is 10.1. The van der Waals surface area contributed by atoms with Crippen molar-refractivity contribution in [3.63, 3.8) is 0 Å². The third kappa shape index (κ3) is 4.59. The Bertz CT molecular complexity index is 767. The second-order valence-corrected chi connectivity index (χ2v) is 5.91. The molecule has 1 amide bonds. The number of hydrogen-bond donors (Lipinski definition) is 1. The largest absolute Gasteiger partial charge is 0.371 e. The molecule has 1 unspecified atom stereocenters. The van der Waals surface area contributed by atoms with Gasteiger partial charge in [-0.15, -0.1) is 0 Å². The number of anilines is 1. The van der Waals surface area contributed by atoms with Crippen molar-refractivity contribution in [3.05, 3.63) is 60.2 Å². The summed E-state index contributed by atoms with van der Waals surface area (Å²) in [5.74, 6) is -1.62. The third-order valence-electron chi connectivity index (χ3n) is 4.11. The molecule has 5 nitrogen and oxygen atoms in total. The minimum atomic E-state index is -0.846. The number of amides is 1. The number of halogens is 2. The Labute approximate surface area is 144 Å². The zero-order valence-electron chi connectivity index (χ0n) is 13.5. The maximum absolute atomic E-state index is 13.3. The van der Waals surface area contributed by atoms with E-state index in [1.54, 1.807) is 30.7 Å². The summed E-state index contributed by atoms with van der Waals surface area (Å²) in [4.78, 5) is 21.8. The molecule has 2 heterocycles. The van der Waals surface area contributed by atoms with Gasteiger partial charge in [-0.1, -0.05) is 0 Å². The highest BCUT2D eigenvalue weighted by Gasteiger charge is 2.23. The summed E-state index contributed by atoms with van der Waals surface area (Å²) >= 11 is 0. The van der Waals surface area contributed by atoms with Crippen molar-refractivity contribution in [2.45, 2.75) is 6.42 Å². The number of benzene rings is 1. The summed E-state index contributed by atoms with van der Waals surface area (Å²) in [7, 11) is 0. The Hall–Kier alpha value is -2.83. The molecule has 7 heteroatoms. The fraction of sp³-hybridized carbons (Fsp3) is 0.278. The smallest absolute Gasteiger partial charge is 0.244 e. The molecular weight excluding hydrogens is 326 g/mol. The van der Waals surface area contributed by atoms with E-state index < -0.39 is 11.6 Å². The first-order valence-electron chi connectivity index (χ1n) is 8.04. The lowest BCUT2D eigenvalue weighted by molar-refractivity contribution is -0.116. The van der Waals surface area contributed by atoms with Crippen LogP contribution in [0.4, 0.5) is 14.5 Å². The normalized spacial score (nSPS) is 17.2. The Balaban J connectivity index is 1.47. The van der Waals surface area contributed by atoms with Crippen molar-refractivity contribution in [3.8, 4) is 0 Å². The van der Waals surface area contributed by atoms with E-state index in [1.165, 1.54) is 12.1 Å². The van der Waals surface area contributed by atoms with Crippen LogP contribution in [0.25, 0.3) is 6.08 Å². The van der Waals surface area contributed by atoms with Crippen LogP contribution in [0.1, 0.15) is 12.1 Å². The van der Waals surface area contributed by atoms with Gasteiger partial charge in [-0.25, -0.2) is 8.78 Å². The molecule has 2 aromatic rings. The number of carbonyl (C=O) groups is 1.